The Bertz CT molecular complexity index is 450. The number of benzene rings is 1. The van der Waals surface area contributed by atoms with E-state index in [9.17, 15) is 14.9 Å². The van der Waals surface area contributed by atoms with E-state index in [1.54, 1.807) is 25.1 Å². The zero-order chi connectivity index (χ0) is 14.3. The number of nitrogens with zero attached hydrogens (tertiary/aromatic N) is 1. The lowest BCUT2D eigenvalue weighted by Crippen LogP contribution is -2.35. The van der Waals surface area contributed by atoms with Crippen molar-refractivity contribution < 1.29 is 14.8 Å². The zero-order valence-corrected chi connectivity index (χ0v) is 10.6. The monoisotopic (exact) mass is 267 g/mol. The summed E-state index contributed by atoms with van der Waals surface area (Å²) in [6.45, 7) is 1.85. The Morgan fingerprint density at radius 3 is 2.79 bits per heavy atom. The molecule has 104 valence electrons. The van der Waals surface area contributed by atoms with Gasteiger partial charge < -0.3 is 15.7 Å². The third-order valence-corrected chi connectivity index (χ3v) is 2.45. The number of amides is 1. The quantitative estimate of drug-likeness (QED) is 0.503. The third-order valence-electron chi connectivity index (χ3n) is 2.45. The van der Waals surface area contributed by atoms with Crippen LogP contribution in [0.3, 0.4) is 0 Å². The molecule has 7 nitrogen and oxygen atoms in total. The van der Waals surface area contributed by atoms with E-state index >= 15 is 0 Å². The fraction of sp³-hybridized carbons (Fsp3) is 0.417. The van der Waals surface area contributed by atoms with Gasteiger partial charge >= 0.3 is 0 Å². The molecule has 3 N–H and O–H groups in total. The molecule has 19 heavy (non-hydrogen) atoms. The molecule has 0 fully saturated rings. The number of rotatable bonds is 7. The summed E-state index contributed by atoms with van der Waals surface area (Å²) in [5.74, 6) is -0.215. The predicted molar refractivity (Wildman–Crippen MR) is 70.9 cm³/mol. The molecular formula is C12H17N3O4. The average molecular weight is 267 g/mol. The molecule has 1 unspecified atom stereocenters. The van der Waals surface area contributed by atoms with Gasteiger partial charge in [0.1, 0.15) is 5.69 Å². The zero-order valence-electron chi connectivity index (χ0n) is 10.6. The lowest BCUT2D eigenvalue weighted by atomic mass is 10.2. The number of nitrogens with one attached hydrogen (secondary N) is 2. The van der Waals surface area contributed by atoms with E-state index < -0.39 is 4.92 Å². The number of aliphatic hydroxyl groups excluding tert-OH is 1. The lowest BCUT2D eigenvalue weighted by molar-refractivity contribution is -0.384. The smallest absolute Gasteiger partial charge is 0.292 e. The topological polar surface area (TPSA) is 104 Å². The summed E-state index contributed by atoms with van der Waals surface area (Å²) in [6.07, 6.45) is 0.177. The molecular weight excluding hydrogens is 250 g/mol. The minimum absolute atomic E-state index is 0.0216. The van der Waals surface area contributed by atoms with Crippen molar-refractivity contribution in [1.82, 2.24) is 5.32 Å². The van der Waals surface area contributed by atoms with Gasteiger partial charge in [0, 0.05) is 25.1 Å². The second-order valence-electron chi connectivity index (χ2n) is 4.10. The third kappa shape index (κ3) is 4.92. The Kier molecular flexibility index (Phi) is 5.74. The maximum Gasteiger partial charge on any atom is 0.292 e. The number of anilines is 1. The van der Waals surface area contributed by atoms with Crippen LogP contribution in [0.25, 0.3) is 0 Å². The summed E-state index contributed by atoms with van der Waals surface area (Å²) in [4.78, 5) is 21.7. The number of aliphatic hydroxyl groups is 1. The molecule has 1 rings (SSSR count). The number of carbonyl (C=O) groups is 1. The highest BCUT2D eigenvalue weighted by Crippen LogP contribution is 2.22. The first kappa shape index (κ1) is 14.9. The van der Waals surface area contributed by atoms with Crippen molar-refractivity contribution in [3.63, 3.8) is 0 Å². The van der Waals surface area contributed by atoms with Gasteiger partial charge in [-0.05, 0) is 13.0 Å². The van der Waals surface area contributed by atoms with Gasteiger partial charge in [-0.3, -0.25) is 14.9 Å². The second kappa shape index (κ2) is 7.32. The number of carbonyl (C=O) groups excluding carboxylic acids is 1. The van der Waals surface area contributed by atoms with Crippen LogP contribution in [0.4, 0.5) is 11.4 Å². The van der Waals surface area contributed by atoms with Crippen molar-refractivity contribution in [3.8, 4) is 0 Å². The Labute approximate surface area is 110 Å². The second-order valence-corrected chi connectivity index (χ2v) is 4.10. The summed E-state index contributed by atoms with van der Waals surface area (Å²) in [5.41, 5.74) is 0.363. The number of nitro groups is 1. The van der Waals surface area contributed by atoms with E-state index in [4.69, 9.17) is 5.11 Å². The van der Waals surface area contributed by atoms with E-state index in [0.717, 1.165) is 0 Å². The van der Waals surface area contributed by atoms with Crippen molar-refractivity contribution in [2.45, 2.75) is 19.4 Å². The van der Waals surface area contributed by atoms with Crippen LogP contribution in [0.1, 0.15) is 13.3 Å². The minimum Gasteiger partial charge on any atom is -0.394 e. The van der Waals surface area contributed by atoms with Crippen LogP contribution < -0.4 is 10.6 Å². The first-order valence-electron chi connectivity index (χ1n) is 5.92. The summed E-state index contributed by atoms with van der Waals surface area (Å²) in [5, 5.41) is 25.0. The first-order chi connectivity index (χ1) is 9.04. The molecule has 0 aliphatic carbocycles. The van der Waals surface area contributed by atoms with Crippen molar-refractivity contribution in [2.75, 3.05) is 18.5 Å². The molecule has 0 radical (unpaired) electrons. The van der Waals surface area contributed by atoms with Crippen LogP contribution >= 0.6 is 0 Å². The Hall–Kier alpha value is -2.15. The first-order valence-corrected chi connectivity index (χ1v) is 5.92. The van der Waals surface area contributed by atoms with Gasteiger partial charge in [0.15, 0.2) is 0 Å². The van der Waals surface area contributed by atoms with Gasteiger partial charge in [-0.2, -0.15) is 0 Å². The molecule has 0 bridgehead atoms. The normalized spacial score (nSPS) is 11.7. The van der Waals surface area contributed by atoms with E-state index in [1.807, 2.05) is 0 Å². The van der Waals surface area contributed by atoms with Crippen LogP contribution in [0.5, 0.6) is 0 Å². The maximum atomic E-state index is 11.4. The molecule has 0 aliphatic heterocycles. The Balaban J connectivity index is 2.45. The summed E-state index contributed by atoms with van der Waals surface area (Å²) >= 11 is 0. The highest BCUT2D eigenvalue weighted by Gasteiger charge is 2.12. The summed E-state index contributed by atoms with van der Waals surface area (Å²) < 4.78 is 0. The van der Waals surface area contributed by atoms with Crippen LogP contribution in [0, 0.1) is 10.1 Å². The fourth-order valence-corrected chi connectivity index (χ4v) is 1.49. The molecule has 1 aromatic rings. The van der Waals surface area contributed by atoms with Crippen molar-refractivity contribution in [3.05, 3.63) is 34.4 Å². The molecule has 0 heterocycles. The number of hydrogen-bond donors (Lipinski definition) is 3. The van der Waals surface area contributed by atoms with Crippen LogP contribution in [0.2, 0.25) is 0 Å². The van der Waals surface area contributed by atoms with Gasteiger partial charge in [0.25, 0.3) is 5.69 Å². The largest absolute Gasteiger partial charge is 0.394 e. The van der Waals surface area contributed by atoms with Crippen LogP contribution in [0.15, 0.2) is 24.3 Å². The van der Waals surface area contributed by atoms with E-state index in [-0.39, 0.29) is 37.2 Å². The van der Waals surface area contributed by atoms with E-state index in [0.29, 0.717) is 5.69 Å². The van der Waals surface area contributed by atoms with Gasteiger partial charge in [-0.15, -0.1) is 0 Å². The van der Waals surface area contributed by atoms with Crippen molar-refractivity contribution in [1.29, 1.82) is 0 Å². The van der Waals surface area contributed by atoms with Gasteiger partial charge in [0.2, 0.25) is 5.91 Å². The van der Waals surface area contributed by atoms with Gasteiger partial charge in [-0.1, -0.05) is 12.1 Å². The van der Waals surface area contributed by atoms with Gasteiger partial charge in [-0.25, -0.2) is 0 Å². The van der Waals surface area contributed by atoms with Crippen LogP contribution in [-0.4, -0.2) is 35.1 Å². The number of hydrogen-bond acceptors (Lipinski definition) is 5. The predicted octanol–water partition coefficient (Wildman–Crippen LogP) is 0.894. The molecule has 0 saturated heterocycles. The molecule has 0 aromatic heterocycles. The highest BCUT2D eigenvalue weighted by molar-refractivity contribution is 5.77. The molecule has 1 aromatic carbocycles. The molecule has 0 spiro atoms. The molecule has 1 atom stereocenters. The number of para-hydroxylation sites is 2. The summed E-state index contributed by atoms with van der Waals surface area (Å²) in [6, 6.07) is 5.96. The van der Waals surface area contributed by atoms with Gasteiger partial charge in [0.05, 0.1) is 11.5 Å². The Morgan fingerprint density at radius 1 is 1.47 bits per heavy atom. The molecule has 0 saturated carbocycles. The molecule has 7 heteroatoms. The fourth-order valence-electron chi connectivity index (χ4n) is 1.49. The standard InChI is InChI=1S/C12H17N3O4/c1-9(8-16)14-12(17)6-7-13-10-4-2-3-5-11(10)15(18)19/h2-5,9,13,16H,6-8H2,1H3,(H,14,17). The summed E-state index contributed by atoms with van der Waals surface area (Å²) in [7, 11) is 0. The number of nitro benzene ring substituents is 1. The highest BCUT2D eigenvalue weighted by atomic mass is 16.6. The van der Waals surface area contributed by atoms with E-state index in [1.165, 1.54) is 6.07 Å². The SMILES string of the molecule is CC(CO)NC(=O)CCNc1ccccc1[N+](=O)[O-]. The van der Waals surface area contributed by atoms with Crippen molar-refractivity contribution >= 4 is 17.3 Å². The Morgan fingerprint density at radius 2 is 2.16 bits per heavy atom. The van der Waals surface area contributed by atoms with Crippen molar-refractivity contribution in [2.24, 2.45) is 0 Å². The molecule has 0 aliphatic rings. The maximum absolute atomic E-state index is 11.4. The van der Waals surface area contributed by atoms with E-state index in [2.05, 4.69) is 10.6 Å². The molecule has 1 amide bonds. The lowest BCUT2D eigenvalue weighted by Gasteiger charge is -2.11. The minimum atomic E-state index is -0.476. The average Bonchev–Trinajstić information content (AvgIpc) is 2.38. The van der Waals surface area contributed by atoms with Crippen LogP contribution in [-0.2, 0) is 4.79 Å².